The van der Waals surface area contributed by atoms with Gasteiger partial charge in [-0.1, -0.05) is 26.0 Å². The standard InChI is InChI=1S/C17H24BrNO2/c1-4-21-16(20)17(10-9-12(2)11-13(17)3)19-15-8-6-5-7-14(15)18/h5-8,12-13,19H,4,9-11H2,1-3H3. The van der Waals surface area contributed by atoms with E-state index in [1.54, 1.807) is 0 Å². The van der Waals surface area contributed by atoms with Crippen LogP contribution in [-0.4, -0.2) is 18.1 Å². The van der Waals surface area contributed by atoms with Gasteiger partial charge in [0.1, 0.15) is 5.54 Å². The molecule has 0 saturated heterocycles. The number of esters is 1. The van der Waals surface area contributed by atoms with Crippen molar-refractivity contribution in [2.45, 2.75) is 45.6 Å². The number of halogens is 1. The Morgan fingerprint density at radius 3 is 2.76 bits per heavy atom. The van der Waals surface area contributed by atoms with E-state index in [9.17, 15) is 4.79 Å². The highest BCUT2D eigenvalue weighted by Gasteiger charge is 2.47. The van der Waals surface area contributed by atoms with Crippen molar-refractivity contribution in [2.75, 3.05) is 11.9 Å². The molecule has 116 valence electrons. The van der Waals surface area contributed by atoms with Gasteiger partial charge in [-0.2, -0.15) is 0 Å². The summed E-state index contributed by atoms with van der Waals surface area (Å²) in [7, 11) is 0. The summed E-state index contributed by atoms with van der Waals surface area (Å²) in [5, 5.41) is 3.50. The molecule has 0 radical (unpaired) electrons. The summed E-state index contributed by atoms with van der Waals surface area (Å²) in [6, 6.07) is 7.92. The SMILES string of the molecule is CCOC(=O)C1(Nc2ccccc2Br)CCC(C)CC1C. The van der Waals surface area contributed by atoms with Crippen molar-refractivity contribution in [2.24, 2.45) is 11.8 Å². The van der Waals surface area contributed by atoms with Gasteiger partial charge in [0, 0.05) is 10.2 Å². The number of nitrogens with one attached hydrogen (secondary N) is 1. The van der Waals surface area contributed by atoms with E-state index in [1.165, 1.54) is 0 Å². The van der Waals surface area contributed by atoms with E-state index in [4.69, 9.17) is 4.74 Å². The van der Waals surface area contributed by atoms with Crippen molar-refractivity contribution in [1.29, 1.82) is 0 Å². The van der Waals surface area contributed by atoms with Gasteiger partial charge in [-0.3, -0.25) is 0 Å². The molecule has 0 aromatic heterocycles. The molecule has 1 fully saturated rings. The maximum atomic E-state index is 12.7. The minimum Gasteiger partial charge on any atom is -0.464 e. The van der Waals surface area contributed by atoms with Gasteiger partial charge in [-0.05, 0) is 66.1 Å². The first kappa shape index (κ1) is 16.3. The van der Waals surface area contributed by atoms with Gasteiger partial charge in [-0.25, -0.2) is 4.79 Å². The van der Waals surface area contributed by atoms with Crippen LogP contribution < -0.4 is 5.32 Å². The summed E-state index contributed by atoms with van der Waals surface area (Å²) in [6.45, 7) is 6.68. The minimum absolute atomic E-state index is 0.125. The normalized spacial score (nSPS) is 29.0. The molecule has 4 heteroatoms. The van der Waals surface area contributed by atoms with Crippen LogP contribution in [-0.2, 0) is 9.53 Å². The topological polar surface area (TPSA) is 38.3 Å². The lowest BCUT2D eigenvalue weighted by Crippen LogP contribution is -2.55. The zero-order valence-corrected chi connectivity index (χ0v) is 14.6. The zero-order valence-electron chi connectivity index (χ0n) is 13.0. The summed E-state index contributed by atoms with van der Waals surface area (Å²) in [5.41, 5.74) is 0.332. The number of benzene rings is 1. The summed E-state index contributed by atoms with van der Waals surface area (Å²) in [6.07, 6.45) is 2.90. The maximum Gasteiger partial charge on any atom is 0.332 e. The fourth-order valence-electron chi connectivity index (χ4n) is 3.25. The molecule has 21 heavy (non-hydrogen) atoms. The second-order valence-corrected chi connectivity index (χ2v) is 6.93. The molecule has 0 heterocycles. The third kappa shape index (κ3) is 3.42. The van der Waals surface area contributed by atoms with Gasteiger partial charge < -0.3 is 10.1 Å². The number of carbonyl (C=O) groups excluding carboxylic acids is 1. The highest BCUT2D eigenvalue weighted by molar-refractivity contribution is 9.10. The van der Waals surface area contributed by atoms with Gasteiger partial charge >= 0.3 is 5.97 Å². The molecule has 0 amide bonds. The Labute approximate surface area is 135 Å². The summed E-state index contributed by atoms with van der Waals surface area (Å²) < 4.78 is 6.36. The average Bonchev–Trinajstić information content (AvgIpc) is 2.44. The minimum atomic E-state index is -0.619. The van der Waals surface area contributed by atoms with Crippen molar-refractivity contribution in [3.8, 4) is 0 Å². The van der Waals surface area contributed by atoms with Crippen LogP contribution in [0.4, 0.5) is 5.69 Å². The van der Waals surface area contributed by atoms with Crippen LogP contribution in [0.1, 0.15) is 40.0 Å². The molecule has 1 saturated carbocycles. The predicted molar refractivity (Wildman–Crippen MR) is 89.3 cm³/mol. The third-order valence-corrected chi connectivity index (χ3v) is 5.19. The van der Waals surface area contributed by atoms with Crippen molar-refractivity contribution in [3.63, 3.8) is 0 Å². The predicted octanol–water partition coefficient (Wildman–Crippen LogP) is 4.62. The van der Waals surface area contributed by atoms with Crippen molar-refractivity contribution < 1.29 is 9.53 Å². The van der Waals surface area contributed by atoms with E-state index >= 15 is 0 Å². The van der Waals surface area contributed by atoms with Crippen molar-refractivity contribution in [3.05, 3.63) is 28.7 Å². The highest BCUT2D eigenvalue weighted by atomic mass is 79.9. The van der Waals surface area contributed by atoms with E-state index in [-0.39, 0.29) is 11.9 Å². The number of anilines is 1. The van der Waals surface area contributed by atoms with E-state index in [0.717, 1.165) is 29.4 Å². The highest BCUT2D eigenvalue weighted by Crippen LogP contribution is 2.41. The average molecular weight is 354 g/mol. The quantitative estimate of drug-likeness (QED) is 0.802. The number of carbonyl (C=O) groups is 1. The Bertz CT molecular complexity index is 505. The van der Waals surface area contributed by atoms with E-state index in [0.29, 0.717) is 12.5 Å². The fraction of sp³-hybridized carbons (Fsp3) is 0.588. The number of para-hydroxylation sites is 1. The van der Waals surface area contributed by atoms with Crippen LogP contribution in [0.5, 0.6) is 0 Å². The molecule has 2 rings (SSSR count). The van der Waals surface area contributed by atoms with Crippen LogP contribution in [0.3, 0.4) is 0 Å². The second kappa shape index (κ2) is 6.82. The molecule has 1 aliphatic rings. The monoisotopic (exact) mass is 353 g/mol. The zero-order chi connectivity index (χ0) is 15.5. The number of hydrogen-bond donors (Lipinski definition) is 1. The van der Waals surface area contributed by atoms with Crippen LogP contribution in [0, 0.1) is 11.8 Å². The maximum absolute atomic E-state index is 12.7. The number of hydrogen-bond acceptors (Lipinski definition) is 3. The van der Waals surface area contributed by atoms with Gasteiger partial charge in [-0.15, -0.1) is 0 Å². The number of ether oxygens (including phenoxy) is 1. The Hall–Kier alpha value is -1.03. The Morgan fingerprint density at radius 2 is 2.14 bits per heavy atom. The first-order chi connectivity index (χ1) is 9.99. The Morgan fingerprint density at radius 1 is 1.43 bits per heavy atom. The smallest absolute Gasteiger partial charge is 0.332 e. The molecule has 3 nitrogen and oxygen atoms in total. The molecule has 1 aromatic carbocycles. The molecule has 0 spiro atoms. The molecular weight excluding hydrogens is 330 g/mol. The van der Waals surface area contributed by atoms with Crippen LogP contribution in [0.15, 0.2) is 28.7 Å². The largest absolute Gasteiger partial charge is 0.464 e. The lowest BCUT2D eigenvalue weighted by molar-refractivity contribution is -0.152. The lowest BCUT2D eigenvalue weighted by Gasteiger charge is -2.43. The summed E-state index contributed by atoms with van der Waals surface area (Å²) in [4.78, 5) is 12.7. The number of rotatable bonds is 4. The van der Waals surface area contributed by atoms with E-state index in [1.807, 2.05) is 31.2 Å². The first-order valence-corrected chi connectivity index (χ1v) is 8.49. The van der Waals surface area contributed by atoms with Crippen LogP contribution >= 0.6 is 15.9 Å². The Balaban J connectivity index is 2.32. The molecule has 1 aromatic rings. The van der Waals surface area contributed by atoms with Gasteiger partial charge in [0.15, 0.2) is 0 Å². The molecule has 1 N–H and O–H groups in total. The molecule has 0 bridgehead atoms. The lowest BCUT2D eigenvalue weighted by atomic mass is 9.69. The molecule has 1 aliphatic carbocycles. The van der Waals surface area contributed by atoms with Gasteiger partial charge in [0.05, 0.1) is 6.61 Å². The van der Waals surface area contributed by atoms with E-state index < -0.39 is 5.54 Å². The molecule has 3 atom stereocenters. The third-order valence-electron chi connectivity index (χ3n) is 4.50. The molecule has 3 unspecified atom stereocenters. The van der Waals surface area contributed by atoms with Crippen molar-refractivity contribution >= 4 is 27.6 Å². The fourth-order valence-corrected chi connectivity index (χ4v) is 3.63. The van der Waals surface area contributed by atoms with Gasteiger partial charge in [0.25, 0.3) is 0 Å². The van der Waals surface area contributed by atoms with Crippen LogP contribution in [0.25, 0.3) is 0 Å². The summed E-state index contributed by atoms with van der Waals surface area (Å²) in [5.74, 6) is 0.774. The van der Waals surface area contributed by atoms with Crippen LogP contribution in [0.2, 0.25) is 0 Å². The second-order valence-electron chi connectivity index (χ2n) is 6.08. The Kier molecular flexibility index (Phi) is 5.31. The van der Waals surface area contributed by atoms with Crippen molar-refractivity contribution in [1.82, 2.24) is 0 Å². The van der Waals surface area contributed by atoms with E-state index in [2.05, 4.69) is 35.1 Å². The molecular formula is C17H24BrNO2. The van der Waals surface area contributed by atoms with Gasteiger partial charge in [0.2, 0.25) is 0 Å². The first-order valence-electron chi connectivity index (χ1n) is 7.69. The summed E-state index contributed by atoms with van der Waals surface area (Å²) >= 11 is 3.55. The molecule has 0 aliphatic heterocycles.